The summed E-state index contributed by atoms with van der Waals surface area (Å²) in [7, 11) is -1.87. The summed E-state index contributed by atoms with van der Waals surface area (Å²) in [4.78, 5) is 14.8. The number of para-hydroxylation sites is 1. The molecule has 2 aromatic rings. The molecule has 3 rings (SSSR count). The van der Waals surface area contributed by atoms with E-state index in [0.717, 1.165) is 10.0 Å². The zero-order chi connectivity index (χ0) is 21.6. The Morgan fingerprint density at radius 3 is 2.47 bits per heavy atom. The van der Waals surface area contributed by atoms with Crippen LogP contribution in [0.15, 0.2) is 53.0 Å². The van der Waals surface area contributed by atoms with E-state index in [1.807, 2.05) is 24.3 Å². The van der Waals surface area contributed by atoms with Crippen LogP contribution in [0.4, 0.5) is 0 Å². The number of nitrogens with zero attached hydrogens (tertiary/aromatic N) is 2. The van der Waals surface area contributed by atoms with Gasteiger partial charge >= 0.3 is 0 Å². The zero-order valence-electron chi connectivity index (χ0n) is 16.9. The molecule has 0 bridgehead atoms. The van der Waals surface area contributed by atoms with Crippen LogP contribution in [0.25, 0.3) is 0 Å². The van der Waals surface area contributed by atoms with Crippen LogP contribution in [0.5, 0.6) is 5.75 Å². The summed E-state index contributed by atoms with van der Waals surface area (Å²) < 4.78 is 33.4. The van der Waals surface area contributed by atoms with E-state index < -0.39 is 10.0 Å². The van der Waals surface area contributed by atoms with E-state index in [0.29, 0.717) is 37.5 Å². The molecule has 0 atom stereocenters. The molecule has 7 nitrogen and oxygen atoms in total. The third-order valence-electron chi connectivity index (χ3n) is 5.02. The summed E-state index contributed by atoms with van der Waals surface area (Å²) >= 11 is 3.37. The van der Waals surface area contributed by atoms with Gasteiger partial charge in [0.1, 0.15) is 5.75 Å². The number of hydrogen-bond acceptors (Lipinski definition) is 5. The van der Waals surface area contributed by atoms with E-state index in [-0.39, 0.29) is 24.7 Å². The molecule has 9 heteroatoms. The molecule has 2 aromatic carbocycles. The van der Waals surface area contributed by atoms with Crippen molar-refractivity contribution in [2.75, 3.05) is 45.6 Å². The highest BCUT2D eigenvalue weighted by Gasteiger charge is 2.26. The first kappa shape index (κ1) is 22.7. The molecule has 1 heterocycles. The summed E-state index contributed by atoms with van der Waals surface area (Å²) in [6, 6.07) is 14.5. The Morgan fingerprint density at radius 1 is 1.13 bits per heavy atom. The second kappa shape index (κ2) is 10.4. The first-order valence-electron chi connectivity index (χ1n) is 9.76. The summed E-state index contributed by atoms with van der Waals surface area (Å²) in [6.07, 6.45) is 0. The van der Waals surface area contributed by atoms with Crippen molar-refractivity contribution < 1.29 is 17.9 Å². The largest absolute Gasteiger partial charge is 0.496 e. The topological polar surface area (TPSA) is 79.0 Å². The lowest BCUT2D eigenvalue weighted by molar-refractivity contribution is 0.0752. The molecule has 162 valence electrons. The van der Waals surface area contributed by atoms with Gasteiger partial charge in [0.05, 0.1) is 12.9 Å². The fourth-order valence-corrected chi connectivity index (χ4v) is 5.06. The first-order chi connectivity index (χ1) is 14.4. The van der Waals surface area contributed by atoms with Crippen LogP contribution >= 0.6 is 15.9 Å². The zero-order valence-corrected chi connectivity index (χ0v) is 19.3. The molecule has 1 N–H and O–H groups in total. The minimum Gasteiger partial charge on any atom is -0.496 e. The van der Waals surface area contributed by atoms with Gasteiger partial charge in [-0.05, 0) is 30.3 Å². The predicted molar refractivity (Wildman–Crippen MR) is 120 cm³/mol. The van der Waals surface area contributed by atoms with E-state index in [2.05, 4.69) is 21.2 Å². The van der Waals surface area contributed by atoms with E-state index in [1.165, 1.54) is 4.31 Å². The number of nitrogens with one attached hydrogen (secondary N) is 1. The van der Waals surface area contributed by atoms with E-state index in [1.54, 1.807) is 36.3 Å². The number of carbonyl (C=O) groups is 1. The molecule has 1 aliphatic heterocycles. The number of methoxy groups -OCH3 is 1. The van der Waals surface area contributed by atoms with Gasteiger partial charge in [0.15, 0.2) is 0 Å². The summed E-state index contributed by atoms with van der Waals surface area (Å²) in [6.45, 7) is 2.55. The van der Waals surface area contributed by atoms with Crippen LogP contribution in [-0.4, -0.2) is 69.1 Å². The summed E-state index contributed by atoms with van der Waals surface area (Å²) in [5.74, 6) is 0.324. The van der Waals surface area contributed by atoms with Gasteiger partial charge < -0.3 is 15.0 Å². The average Bonchev–Trinajstić information content (AvgIpc) is 2.77. The Hall–Kier alpha value is -1.94. The predicted octanol–water partition coefficient (Wildman–Crippen LogP) is 2.34. The van der Waals surface area contributed by atoms with Crippen molar-refractivity contribution in [3.63, 3.8) is 0 Å². The maximum atomic E-state index is 13.2. The van der Waals surface area contributed by atoms with Crippen molar-refractivity contribution in [2.24, 2.45) is 0 Å². The lowest BCUT2D eigenvalue weighted by Crippen LogP contribution is -2.48. The Labute approximate surface area is 186 Å². The van der Waals surface area contributed by atoms with Crippen LogP contribution in [0.3, 0.4) is 0 Å². The summed E-state index contributed by atoms with van der Waals surface area (Å²) in [5.41, 5.74) is 1.33. The molecule has 0 radical (unpaired) electrons. The molecule has 30 heavy (non-hydrogen) atoms. The minimum atomic E-state index is -3.45. The molecular formula is C21H26BrN3O4S. The van der Waals surface area contributed by atoms with Gasteiger partial charge in [-0.3, -0.25) is 4.79 Å². The smallest absolute Gasteiger partial charge is 0.254 e. The van der Waals surface area contributed by atoms with Gasteiger partial charge in [-0.25, -0.2) is 8.42 Å². The molecular weight excluding hydrogens is 470 g/mol. The highest BCUT2D eigenvalue weighted by Crippen LogP contribution is 2.21. The van der Waals surface area contributed by atoms with Crippen molar-refractivity contribution in [1.29, 1.82) is 0 Å². The molecule has 1 saturated heterocycles. The number of halogens is 1. The number of piperazine rings is 1. The first-order valence-corrected chi connectivity index (χ1v) is 12.2. The number of amides is 1. The average molecular weight is 496 g/mol. The molecule has 1 fully saturated rings. The fraction of sp³-hybridized carbons (Fsp3) is 0.381. The fourth-order valence-electron chi connectivity index (χ4n) is 3.34. The van der Waals surface area contributed by atoms with Gasteiger partial charge in [0, 0.05) is 54.9 Å². The quantitative estimate of drug-likeness (QED) is 0.607. The standard InChI is InChI=1S/C21H26BrN3O4S/c1-29-20-5-3-2-4-18(20)16-24(21(26)17-6-8-19(22)9-7-17)14-15-30(27,28)25-12-10-23-11-13-25/h2-9,23H,10-16H2,1H3. The number of sulfonamides is 1. The van der Waals surface area contributed by atoms with E-state index in [4.69, 9.17) is 4.74 Å². The molecule has 0 spiro atoms. The Balaban J connectivity index is 1.81. The minimum absolute atomic E-state index is 0.0964. The number of rotatable bonds is 8. The third kappa shape index (κ3) is 5.81. The van der Waals surface area contributed by atoms with E-state index in [9.17, 15) is 13.2 Å². The second-order valence-corrected chi connectivity index (χ2v) is 10.0. The Morgan fingerprint density at radius 2 is 1.80 bits per heavy atom. The third-order valence-corrected chi connectivity index (χ3v) is 7.40. The van der Waals surface area contributed by atoms with Gasteiger partial charge in [0.2, 0.25) is 10.0 Å². The van der Waals surface area contributed by atoms with Crippen molar-refractivity contribution in [1.82, 2.24) is 14.5 Å². The molecule has 1 aliphatic rings. The van der Waals surface area contributed by atoms with Crippen molar-refractivity contribution in [3.05, 3.63) is 64.1 Å². The van der Waals surface area contributed by atoms with Gasteiger partial charge in [-0.2, -0.15) is 4.31 Å². The van der Waals surface area contributed by atoms with Gasteiger partial charge in [0.25, 0.3) is 5.91 Å². The number of ether oxygens (including phenoxy) is 1. The maximum absolute atomic E-state index is 13.2. The molecule has 0 aromatic heterocycles. The monoisotopic (exact) mass is 495 g/mol. The maximum Gasteiger partial charge on any atom is 0.254 e. The molecule has 0 saturated carbocycles. The lowest BCUT2D eigenvalue weighted by Gasteiger charge is -2.29. The van der Waals surface area contributed by atoms with Gasteiger partial charge in [-0.15, -0.1) is 0 Å². The van der Waals surface area contributed by atoms with E-state index >= 15 is 0 Å². The Kier molecular flexibility index (Phi) is 7.87. The number of hydrogen-bond donors (Lipinski definition) is 1. The SMILES string of the molecule is COc1ccccc1CN(CCS(=O)(=O)N1CCNCC1)C(=O)c1ccc(Br)cc1. The highest BCUT2D eigenvalue weighted by atomic mass is 79.9. The lowest BCUT2D eigenvalue weighted by atomic mass is 10.1. The molecule has 0 aliphatic carbocycles. The normalized spacial score (nSPS) is 15.0. The van der Waals surface area contributed by atoms with Crippen LogP contribution in [0.1, 0.15) is 15.9 Å². The second-order valence-electron chi connectivity index (χ2n) is 7.01. The van der Waals surface area contributed by atoms with Crippen molar-refractivity contribution >= 4 is 31.9 Å². The number of benzene rings is 2. The van der Waals surface area contributed by atoms with Gasteiger partial charge in [-0.1, -0.05) is 34.1 Å². The Bertz CT molecular complexity index is 960. The van der Waals surface area contributed by atoms with Crippen molar-refractivity contribution in [2.45, 2.75) is 6.54 Å². The summed E-state index contributed by atoms with van der Waals surface area (Å²) in [5, 5.41) is 3.15. The highest BCUT2D eigenvalue weighted by molar-refractivity contribution is 9.10. The van der Waals surface area contributed by atoms with Crippen LogP contribution < -0.4 is 10.1 Å². The van der Waals surface area contributed by atoms with Crippen molar-refractivity contribution in [3.8, 4) is 5.75 Å². The van der Waals surface area contributed by atoms with Crippen LogP contribution in [0, 0.1) is 0 Å². The molecule has 0 unspecified atom stereocenters. The number of carbonyl (C=O) groups excluding carboxylic acids is 1. The van der Waals surface area contributed by atoms with Crippen LogP contribution in [0.2, 0.25) is 0 Å². The van der Waals surface area contributed by atoms with Crippen LogP contribution in [-0.2, 0) is 16.6 Å². The molecule has 1 amide bonds.